The quantitative estimate of drug-likeness (QED) is 0.698. The van der Waals surface area contributed by atoms with Gasteiger partial charge in [0.15, 0.2) is 0 Å². The van der Waals surface area contributed by atoms with Crippen molar-refractivity contribution in [3.8, 4) is 0 Å². The molecule has 0 aliphatic carbocycles. The van der Waals surface area contributed by atoms with Crippen LogP contribution in [-0.2, 0) is 6.18 Å². The zero-order chi connectivity index (χ0) is 10.1. The van der Waals surface area contributed by atoms with Gasteiger partial charge in [-0.15, -0.1) is 0 Å². The van der Waals surface area contributed by atoms with Gasteiger partial charge in [-0.1, -0.05) is 0 Å². The average molecular weight is 290 g/mol. The SMILES string of the molecule is C=[C]([Sn])c1ccccc1C(F)(F)F. The first kappa shape index (κ1) is 10.6. The maximum absolute atomic E-state index is 12.4. The minimum atomic E-state index is -4.28. The zero-order valence-corrected chi connectivity index (χ0v) is 9.50. The van der Waals surface area contributed by atoms with Crippen LogP contribution in [0.15, 0.2) is 30.8 Å². The molecule has 0 saturated carbocycles. The third-order valence-electron chi connectivity index (χ3n) is 1.56. The predicted octanol–water partition coefficient (Wildman–Crippen LogP) is 2.84. The fourth-order valence-corrected chi connectivity index (χ4v) is 1.62. The van der Waals surface area contributed by atoms with Crippen LogP contribution in [0.1, 0.15) is 11.1 Å². The summed E-state index contributed by atoms with van der Waals surface area (Å²) in [5.74, 6) is 0. The topological polar surface area (TPSA) is 0 Å². The Kier molecular flexibility index (Phi) is 3.05. The van der Waals surface area contributed by atoms with Crippen LogP contribution in [0.25, 0.3) is 3.59 Å². The Hall–Kier alpha value is -0.451. The number of hydrogen-bond acceptors (Lipinski definition) is 0. The normalized spacial score (nSPS) is 11.4. The summed E-state index contributed by atoms with van der Waals surface area (Å²) in [6.07, 6.45) is -4.28. The second-order valence-corrected chi connectivity index (χ2v) is 4.24. The molecule has 1 aromatic rings. The van der Waals surface area contributed by atoms with Gasteiger partial charge < -0.3 is 0 Å². The molecule has 0 saturated heterocycles. The van der Waals surface area contributed by atoms with Gasteiger partial charge in [0.1, 0.15) is 0 Å². The van der Waals surface area contributed by atoms with E-state index >= 15 is 0 Å². The molecule has 0 amide bonds. The van der Waals surface area contributed by atoms with Crippen molar-refractivity contribution in [1.29, 1.82) is 0 Å². The Morgan fingerprint density at radius 1 is 1.23 bits per heavy atom. The minimum absolute atomic E-state index is 0.202. The van der Waals surface area contributed by atoms with Crippen LogP contribution in [0.5, 0.6) is 0 Å². The van der Waals surface area contributed by atoms with Crippen molar-refractivity contribution in [1.82, 2.24) is 0 Å². The molecule has 0 aliphatic rings. The summed E-state index contributed by atoms with van der Waals surface area (Å²) in [6.45, 7) is 3.54. The summed E-state index contributed by atoms with van der Waals surface area (Å²) in [5, 5.41) is 0. The van der Waals surface area contributed by atoms with Gasteiger partial charge in [0.05, 0.1) is 0 Å². The molecule has 13 heavy (non-hydrogen) atoms. The molecule has 0 aliphatic heterocycles. The van der Waals surface area contributed by atoms with Crippen LogP contribution in [-0.4, -0.2) is 22.5 Å². The van der Waals surface area contributed by atoms with Crippen molar-refractivity contribution in [3.05, 3.63) is 42.0 Å². The van der Waals surface area contributed by atoms with Gasteiger partial charge in [0, 0.05) is 0 Å². The molecule has 0 unspecified atom stereocenters. The van der Waals surface area contributed by atoms with E-state index in [1.165, 1.54) is 12.1 Å². The molecule has 0 bridgehead atoms. The van der Waals surface area contributed by atoms with Crippen LogP contribution in [0, 0.1) is 0 Å². The summed E-state index contributed by atoms with van der Waals surface area (Å²) >= 11 is 0.902. The first-order valence-electron chi connectivity index (χ1n) is 3.50. The van der Waals surface area contributed by atoms with Gasteiger partial charge in [-0.2, -0.15) is 0 Å². The Morgan fingerprint density at radius 2 is 1.77 bits per heavy atom. The predicted molar refractivity (Wildman–Crippen MR) is 46.2 cm³/mol. The molecule has 0 nitrogen and oxygen atoms in total. The molecular formula is C9H6F3Sn. The van der Waals surface area contributed by atoms with E-state index in [2.05, 4.69) is 6.58 Å². The summed E-state index contributed by atoms with van der Waals surface area (Å²) in [4.78, 5) is 0. The van der Waals surface area contributed by atoms with E-state index in [0.717, 1.165) is 28.6 Å². The van der Waals surface area contributed by atoms with Crippen LogP contribution < -0.4 is 0 Å². The standard InChI is InChI=1S/C9H6F3.Sn/c1-2-7-5-3-4-6-8(7)9(10,11)12;/h3-6H,1H2;. The number of benzene rings is 1. The monoisotopic (exact) mass is 291 g/mol. The molecule has 0 N–H and O–H groups in total. The molecule has 0 heterocycles. The number of halogens is 3. The van der Waals surface area contributed by atoms with Gasteiger partial charge >= 0.3 is 87.4 Å². The van der Waals surface area contributed by atoms with Crippen molar-refractivity contribution < 1.29 is 13.2 Å². The van der Waals surface area contributed by atoms with E-state index in [0.29, 0.717) is 3.59 Å². The molecule has 0 atom stereocenters. The summed E-state index contributed by atoms with van der Waals surface area (Å²) in [6, 6.07) is 5.48. The number of rotatable bonds is 1. The van der Waals surface area contributed by atoms with Crippen molar-refractivity contribution in [3.63, 3.8) is 0 Å². The Bertz CT molecular complexity index is 328. The van der Waals surface area contributed by atoms with E-state index in [9.17, 15) is 13.2 Å². The molecule has 0 aromatic heterocycles. The second-order valence-electron chi connectivity index (χ2n) is 2.52. The summed E-state index contributed by atoms with van der Waals surface area (Å²) in [5.41, 5.74) is -0.398. The Balaban J connectivity index is 3.28. The molecule has 3 radical (unpaired) electrons. The molecule has 0 spiro atoms. The molecule has 0 fully saturated rings. The molecule has 4 heteroatoms. The molecular weight excluding hydrogens is 284 g/mol. The average Bonchev–Trinajstić information content (AvgIpc) is 2.03. The van der Waals surface area contributed by atoms with Crippen molar-refractivity contribution in [2.75, 3.05) is 0 Å². The van der Waals surface area contributed by atoms with Gasteiger partial charge in [0.2, 0.25) is 0 Å². The second kappa shape index (κ2) is 3.74. The van der Waals surface area contributed by atoms with E-state index in [1.54, 1.807) is 6.07 Å². The number of alkyl halides is 3. The van der Waals surface area contributed by atoms with Gasteiger partial charge in [0.25, 0.3) is 0 Å². The first-order valence-corrected chi connectivity index (χ1v) is 4.92. The van der Waals surface area contributed by atoms with E-state index < -0.39 is 11.7 Å². The molecule has 1 rings (SSSR count). The Morgan fingerprint density at radius 3 is 2.15 bits per heavy atom. The van der Waals surface area contributed by atoms with E-state index in [4.69, 9.17) is 0 Å². The summed E-state index contributed by atoms with van der Waals surface area (Å²) < 4.78 is 37.6. The van der Waals surface area contributed by atoms with Gasteiger partial charge in [-0.25, -0.2) is 0 Å². The van der Waals surface area contributed by atoms with Crippen LogP contribution in [0.4, 0.5) is 13.2 Å². The van der Waals surface area contributed by atoms with Crippen LogP contribution in [0.3, 0.4) is 0 Å². The van der Waals surface area contributed by atoms with Gasteiger partial charge in [-0.3, -0.25) is 0 Å². The van der Waals surface area contributed by atoms with Crippen LogP contribution >= 0.6 is 0 Å². The van der Waals surface area contributed by atoms with E-state index in [-0.39, 0.29) is 5.56 Å². The third-order valence-corrected chi connectivity index (χ3v) is 2.33. The fraction of sp³-hybridized carbons (Fsp3) is 0.111. The summed E-state index contributed by atoms with van der Waals surface area (Å²) in [7, 11) is 0. The fourth-order valence-electron chi connectivity index (χ4n) is 0.993. The van der Waals surface area contributed by atoms with Crippen molar-refractivity contribution in [2.45, 2.75) is 6.18 Å². The van der Waals surface area contributed by atoms with Crippen LogP contribution in [0.2, 0.25) is 0 Å². The Labute approximate surface area is 87.5 Å². The van der Waals surface area contributed by atoms with Gasteiger partial charge in [-0.05, 0) is 0 Å². The molecule has 67 valence electrons. The number of hydrogen-bond donors (Lipinski definition) is 0. The zero-order valence-electron chi connectivity index (χ0n) is 6.65. The van der Waals surface area contributed by atoms with E-state index in [1.807, 2.05) is 0 Å². The third kappa shape index (κ3) is 2.49. The maximum atomic E-state index is 12.4. The first-order chi connectivity index (χ1) is 5.93. The van der Waals surface area contributed by atoms with Crippen molar-refractivity contribution >= 4 is 26.1 Å². The van der Waals surface area contributed by atoms with Crippen molar-refractivity contribution in [2.24, 2.45) is 0 Å². The molecule has 1 aromatic carbocycles.